The highest BCUT2D eigenvalue weighted by molar-refractivity contribution is 5.66. The van der Waals surface area contributed by atoms with Crippen LogP contribution in [0.15, 0.2) is 36.5 Å². The van der Waals surface area contributed by atoms with Gasteiger partial charge in [-0.2, -0.15) is 0 Å². The average molecular weight is 283 g/mol. The van der Waals surface area contributed by atoms with E-state index in [1.54, 1.807) is 4.52 Å². The van der Waals surface area contributed by atoms with Crippen LogP contribution in [-0.2, 0) is 0 Å². The monoisotopic (exact) mass is 283 g/mol. The second kappa shape index (κ2) is 4.66. The number of fused-ring (bicyclic) bond motifs is 2. The number of imidazole rings is 1. The van der Waals surface area contributed by atoms with Crippen molar-refractivity contribution in [2.45, 2.75) is 6.92 Å². The van der Waals surface area contributed by atoms with Crippen molar-refractivity contribution in [3.8, 4) is 28.6 Å². The number of hydrogen-bond donors (Lipinski definition) is 0. The first-order chi connectivity index (χ1) is 10.3. The molecule has 1 aromatic carbocycles. The zero-order valence-electron chi connectivity index (χ0n) is 11.4. The largest absolute Gasteiger partial charge is 0.477 e. The summed E-state index contributed by atoms with van der Waals surface area (Å²) in [4.78, 5) is 4.56. The van der Waals surface area contributed by atoms with Crippen LogP contribution in [0.2, 0.25) is 0 Å². The van der Waals surface area contributed by atoms with Gasteiger partial charge in [0, 0.05) is 11.6 Å². The zero-order chi connectivity index (χ0) is 14.2. The molecule has 0 aliphatic carbocycles. The molecule has 0 saturated carbocycles. The highest BCUT2D eigenvalue weighted by Gasteiger charge is 2.15. The van der Waals surface area contributed by atoms with E-state index in [0.717, 1.165) is 28.4 Å². The fourth-order valence-electron chi connectivity index (χ4n) is 2.28. The van der Waals surface area contributed by atoms with Gasteiger partial charge in [-0.25, -0.2) is 9.50 Å². The summed E-state index contributed by atoms with van der Waals surface area (Å²) < 4.78 is 17.8. The number of nitrogens with zero attached hydrogens (tertiary/aromatic N) is 3. The smallest absolute Gasteiger partial charge is 0.231 e. The van der Waals surface area contributed by atoms with E-state index in [4.69, 9.17) is 14.2 Å². The lowest BCUT2D eigenvalue weighted by Crippen LogP contribution is -1.98. The van der Waals surface area contributed by atoms with Crippen LogP contribution in [0.25, 0.3) is 16.9 Å². The molecule has 6 heteroatoms. The van der Waals surface area contributed by atoms with Gasteiger partial charge in [0.2, 0.25) is 12.7 Å². The fraction of sp³-hybridized carbons (Fsp3) is 0.200. The Balaban J connectivity index is 1.76. The summed E-state index contributed by atoms with van der Waals surface area (Å²) in [6.45, 7) is 2.78. The Bertz CT molecular complexity index is 813. The fourth-order valence-corrected chi connectivity index (χ4v) is 2.28. The van der Waals surface area contributed by atoms with Crippen LogP contribution in [0.4, 0.5) is 0 Å². The number of aromatic nitrogens is 3. The highest BCUT2D eigenvalue weighted by Crippen LogP contribution is 2.35. The number of hydrogen-bond acceptors (Lipinski definition) is 5. The van der Waals surface area contributed by atoms with E-state index in [9.17, 15) is 0 Å². The van der Waals surface area contributed by atoms with Gasteiger partial charge in [-0.15, -0.1) is 5.10 Å². The van der Waals surface area contributed by atoms with Crippen molar-refractivity contribution in [2.24, 2.45) is 0 Å². The van der Waals surface area contributed by atoms with Crippen LogP contribution in [0.5, 0.6) is 17.4 Å². The normalized spacial score (nSPS) is 12.8. The first-order valence-corrected chi connectivity index (χ1v) is 6.73. The van der Waals surface area contributed by atoms with Crippen molar-refractivity contribution >= 4 is 5.65 Å². The molecule has 3 heterocycles. The molecular weight excluding hydrogens is 270 g/mol. The van der Waals surface area contributed by atoms with Gasteiger partial charge < -0.3 is 14.2 Å². The number of rotatable bonds is 3. The van der Waals surface area contributed by atoms with Crippen molar-refractivity contribution in [1.29, 1.82) is 0 Å². The Kier molecular flexibility index (Phi) is 2.67. The van der Waals surface area contributed by atoms with Gasteiger partial charge in [0.15, 0.2) is 17.1 Å². The minimum absolute atomic E-state index is 0.267. The van der Waals surface area contributed by atoms with Gasteiger partial charge in [-0.3, -0.25) is 0 Å². The standard InChI is InChI=1S/C15H13N3O3/c1-2-19-15-6-5-14-16-11(8-18(14)17-15)10-3-4-12-13(7-10)21-9-20-12/h3-8H,2,9H2,1H3. The molecule has 3 aromatic rings. The third-order valence-electron chi connectivity index (χ3n) is 3.26. The minimum atomic E-state index is 0.267. The van der Waals surface area contributed by atoms with Crippen LogP contribution in [0.1, 0.15) is 6.92 Å². The molecular formula is C15H13N3O3. The molecule has 0 saturated heterocycles. The summed E-state index contributed by atoms with van der Waals surface area (Å²) >= 11 is 0. The van der Waals surface area contributed by atoms with Crippen LogP contribution in [0, 0.1) is 0 Å². The maximum absolute atomic E-state index is 5.39. The lowest BCUT2D eigenvalue weighted by Gasteiger charge is -2.00. The molecule has 0 bridgehead atoms. The SMILES string of the molecule is CCOc1ccc2nc(-c3ccc4c(c3)OCO4)cn2n1. The molecule has 0 fully saturated rings. The van der Waals surface area contributed by atoms with E-state index in [1.165, 1.54) is 0 Å². The van der Waals surface area contributed by atoms with Gasteiger partial charge in [0.05, 0.1) is 18.5 Å². The van der Waals surface area contributed by atoms with Crippen LogP contribution >= 0.6 is 0 Å². The molecule has 6 nitrogen and oxygen atoms in total. The van der Waals surface area contributed by atoms with Gasteiger partial charge >= 0.3 is 0 Å². The van der Waals surface area contributed by atoms with E-state index in [2.05, 4.69) is 10.1 Å². The lowest BCUT2D eigenvalue weighted by atomic mass is 10.1. The Hall–Kier alpha value is -2.76. The second-order valence-corrected chi connectivity index (χ2v) is 4.60. The molecule has 4 rings (SSSR count). The predicted octanol–water partition coefficient (Wildman–Crippen LogP) is 2.52. The van der Waals surface area contributed by atoms with E-state index < -0.39 is 0 Å². The van der Waals surface area contributed by atoms with Crippen LogP contribution in [0.3, 0.4) is 0 Å². The molecule has 106 valence electrons. The summed E-state index contributed by atoms with van der Waals surface area (Å²) in [6, 6.07) is 9.47. The van der Waals surface area contributed by atoms with Crippen LogP contribution in [-0.4, -0.2) is 28.0 Å². The van der Waals surface area contributed by atoms with E-state index >= 15 is 0 Å². The summed E-state index contributed by atoms with van der Waals surface area (Å²) in [5, 5.41) is 4.36. The van der Waals surface area contributed by atoms with Gasteiger partial charge in [0.1, 0.15) is 0 Å². The second-order valence-electron chi connectivity index (χ2n) is 4.60. The Morgan fingerprint density at radius 2 is 2.10 bits per heavy atom. The molecule has 0 radical (unpaired) electrons. The van der Waals surface area contributed by atoms with E-state index in [0.29, 0.717) is 12.5 Å². The molecule has 1 aliphatic rings. The Morgan fingerprint density at radius 3 is 3.00 bits per heavy atom. The van der Waals surface area contributed by atoms with Crippen molar-refractivity contribution in [3.63, 3.8) is 0 Å². The summed E-state index contributed by atoms with van der Waals surface area (Å²) in [6.07, 6.45) is 1.87. The van der Waals surface area contributed by atoms with E-state index in [-0.39, 0.29) is 6.79 Å². The zero-order valence-corrected chi connectivity index (χ0v) is 11.4. The molecule has 1 aliphatic heterocycles. The number of benzene rings is 1. The molecule has 0 amide bonds. The third-order valence-corrected chi connectivity index (χ3v) is 3.26. The van der Waals surface area contributed by atoms with Crippen LogP contribution < -0.4 is 14.2 Å². The quantitative estimate of drug-likeness (QED) is 0.739. The molecule has 0 unspecified atom stereocenters. The molecule has 2 aromatic heterocycles. The van der Waals surface area contributed by atoms with Crippen molar-refractivity contribution in [3.05, 3.63) is 36.5 Å². The van der Waals surface area contributed by atoms with Gasteiger partial charge in [-0.05, 0) is 31.2 Å². The van der Waals surface area contributed by atoms with Crippen molar-refractivity contribution < 1.29 is 14.2 Å². The summed E-state index contributed by atoms with van der Waals surface area (Å²) in [5.74, 6) is 2.09. The Morgan fingerprint density at radius 1 is 1.19 bits per heavy atom. The lowest BCUT2D eigenvalue weighted by molar-refractivity contribution is 0.174. The molecule has 0 atom stereocenters. The van der Waals surface area contributed by atoms with E-state index in [1.807, 2.05) is 43.5 Å². The number of ether oxygens (including phenoxy) is 3. The molecule has 0 N–H and O–H groups in total. The minimum Gasteiger partial charge on any atom is -0.477 e. The third kappa shape index (κ3) is 2.05. The maximum atomic E-state index is 5.39. The molecule has 21 heavy (non-hydrogen) atoms. The highest BCUT2D eigenvalue weighted by atomic mass is 16.7. The predicted molar refractivity (Wildman–Crippen MR) is 75.7 cm³/mol. The summed E-state index contributed by atoms with van der Waals surface area (Å²) in [7, 11) is 0. The molecule has 0 spiro atoms. The topological polar surface area (TPSA) is 57.9 Å². The van der Waals surface area contributed by atoms with Gasteiger partial charge in [-0.1, -0.05) is 0 Å². The van der Waals surface area contributed by atoms with Crippen molar-refractivity contribution in [2.75, 3.05) is 13.4 Å². The Labute approximate surface area is 120 Å². The maximum Gasteiger partial charge on any atom is 0.231 e. The van der Waals surface area contributed by atoms with Crippen molar-refractivity contribution in [1.82, 2.24) is 14.6 Å². The summed E-state index contributed by atoms with van der Waals surface area (Å²) in [5.41, 5.74) is 2.56. The average Bonchev–Trinajstić information content (AvgIpc) is 3.12. The van der Waals surface area contributed by atoms with Gasteiger partial charge in [0.25, 0.3) is 0 Å². The first kappa shape index (κ1) is 12.0. The first-order valence-electron chi connectivity index (χ1n) is 6.73.